The van der Waals surface area contributed by atoms with E-state index in [4.69, 9.17) is 0 Å². The smallest absolute Gasteiger partial charge is 0.264 e. The highest BCUT2D eigenvalue weighted by atomic mass is 32.2. The number of anilines is 1. The molecule has 3 aromatic carbocycles. The first kappa shape index (κ1) is 24.5. The third-order valence-electron chi connectivity index (χ3n) is 5.43. The summed E-state index contributed by atoms with van der Waals surface area (Å²) in [5, 5.41) is 3.07. The van der Waals surface area contributed by atoms with Crippen molar-refractivity contribution < 1.29 is 13.2 Å². The number of sulfonamides is 1. The fourth-order valence-corrected chi connectivity index (χ4v) is 5.15. The number of hydrogen-bond donors (Lipinski definition) is 1. The Bertz CT molecular complexity index is 1170. The maximum absolute atomic E-state index is 13.6. The highest BCUT2D eigenvalue weighted by Crippen LogP contribution is 2.26. The molecule has 0 radical (unpaired) electrons. The second-order valence-electron chi connectivity index (χ2n) is 8.82. The van der Waals surface area contributed by atoms with Gasteiger partial charge < -0.3 is 5.32 Å². The maximum atomic E-state index is 13.6. The summed E-state index contributed by atoms with van der Waals surface area (Å²) in [6.07, 6.45) is 0.755. The molecule has 1 amide bonds. The monoisotopic (exact) mass is 464 g/mol. The molecule has 3 aromatic rings. The molecular formula is C27H32N2O3S. The Hall–Kier alpha value is -3.12. The van der Waals surface area contributed by atoms with Gasteiger partial charge in [-0.3, -0.25) is 9.10 Å². The molecule has 0 aliphatic carbocycles. The number of nitrogens with one attached hydrogen (secondary N) is 1. The van der Waals surface area contributed by atoms with E-state index in [1.165, 1.54) is 4.31 Å². The van der Waals surface area contributed by atoms with Crippen LogP contribution in [-0.2, 0) is 14.8 Å². The number of carbonyl (C=O) groups is 1. The van der Waals surface area contributed by atoms with Crippen molar-refractivity contribution in [1.29, 1.82) is 0 Å². The predicted molar refractivity (Wildman–Crippen MR) is 134 cm³/mol. The molecule has 0 fully saturated rings. The fraction of sp³-hybridized carbons (Fsp3) is 0.296. The lowest BCUT2D eigenvalue weighted by molar-refractivity contribution is -0.120. The van der Waals surface area contributed by atoms with Crippen LogP contribution in [0.15, 0.2) is 83.8 Å². The molecule has 1 N–H and O–H groups in total. The standard InChI is InChI=1S/C27H32N2O3S/c1-20(2)17-26(23-10-6-5-7-11-23)28-27(30)19-29(24-12-8-9-22(4)18-24)33(31,32)25-15-13-21(3)14-16-25/h5-16,18,20,26H,17,19H2,1-4H3,(H,28,30)/t26-/m1/s1. The Kier molecular flexibility index (Phi) is 7.92. The van der Waals surface area contributed by atoms with Crippen LogP contribution in [0.3, 0.4) is 0 Å². The summed E-state index contributed by atoms with van der Waals surface area (Å²) >= 11 is 0. The molecule has 1 atom stereocenters. The van der Waals surface area contributed by atoms with Gasteiger partial charge in [0.1, 0.15) is 6.54 Å². The third kappa shape index (κ3) is 6.45. The number of amides is 1. The van der Waals surface area contributed by atoms with E-state index < -0.39 is 10.0 Å². The largest absolute Gasteiger partial charge is 0.348 e. The van der Waals surface area contributed by atoms with Crippen molar-refractivity contribution >= 4 is 21.6 Å². The number of nitrogens with zero attached hydrogens (tertiary/aromatic N) is 1. The van der Waals surface area contributed by atoms with Crippen molar-refractivity contribution in [2.24, 2.45) is 5.92 Å². The van der Waals surface area contributed by atoms with Gasteiger partial charge in [-0.1, -0.05) is 74.0 Å². The van der Waals surface area contributed by atoms with Crippen LogP contribution in [0.4, 0.5) is 5.69 Å². The number of hydrogen-bond acceptors (Lipinski definition) is 3. The van der Waals surface area contributed by atoms with Crippen LogP contribution in [0, 0.1) is 19.8 Å². The van der Waals surface area contributed by atoms with E-state index in [1.54, 1.807) is 42.5 Å². The molecule has 3 rings (SSSR count). The lowest BCUT2D eigenvalue weighted by Crippen LogP contribution is -2.42. The predicted octanol–water partition coefficient (Wildman–Crippen LogP) is 5.40. The molecule has 0 saturated carbocycles. The van der Waals surface area contributed by atoms with Gasteiger partial charge >= 0.3 is 0 Å². The summed E-state index contributed by atoms with van der Waals surface area (Å²) in [7, 11) is -3.93. The molecule has 0 aliphatic heterocycles. The van der Waals surface area contributed by atoms with E-state index in [2.05, 4.69) is 19.2 Å². The van der Waals surface area contributed by atoms with E-state index >= 15 is 0 Å². The number of carbonyl (C=O) groups excluding carboxylic acids is 1. The molecule has 0 spiro atoms. The van der Waals surface area contributed by atoms with Crippen molar-refractivity contribution in [2.45, 2.75) is 45.1 Å². The lowest BCUT2D eigenvalue weighted by atomic mass is 9.97. The van der Waals surface area contributed by atoms with E-state index in [0.717, 1.165) is 23.1 Å². The van der Waals surface area contributed by atoms with Gasteiger partial charge in [-0.25, -0.2) is 8.42 Å². The van der Waals surface area contributed by atoms with Crippen LogP contribution < -0.4 is 9.62 Å². The van der Waals surface area contributed by atoms with Crippen molar-refractivity contribution in [3.05, 3.63) is 95.6 Å². The van der Waals surface area contributed by atoms with Crippen LogP contribution in [0.25, 0.3) is 0 Å². The Morgan fingerprint density at radius 1 is 0.879 bits per heavy atom. The zero-order chi connectivity index (χ0) is 24.0. The molecule has 0 aromatic heterocycles. The molecule has 0 unspecified atom stereocenters. The van der Waals surface area contributed by atoms with Gasteiger partial charge in [-0.2, -0.15) is 0 Å². The van der Waals surface area contributed by atoms with Gasteiger partial charge in [0.2, 0.25) is 5.91 Å². The number of rotatable bonds is 9. The Balaban J connectivity index is 1.92. The Morgan fingerprint density at radius 2 is 1.55 bits per heavy atom. The number of aryl methyl sites for hydroxylation is 2. The second kappa shape index (κ2) is 10.7. The third-order valence-corrected chi connectivity index (χ3v) is 7.22. The summed E-state index contributed by atoms with van der Waals surface area (Å²) in [5.74, 6) is 0.0152. The van der Waals surface area contributed by atoms with E-state index in [-0.39, 0.29) is 23.4 Å². The topological polar surface area (TPSA) is 66.5 Å². The quantitative estimate of drug-likeness (QED) is 0.461. The number of benzene rings is 3. The fourth-order valence-electron chi connectivity index (χ4n) is 3.74. The van der Waals surface area contributed by atoms with Crippen molar-refractivity contribution in [3.8, 4) is 0 Å². The summed E-state index contributed by atoms with van der Waals surface area (Å²) in [6, 6.07) is 23.5. The van der Waals surface area contributed by atoms with Crippen LogP contribution >= 0.6 is 0 Å². The van der Waals surface area contributed by atoms with Gasteiger partial charge in [0.25, 0.3) is 10.0 Å². The lowest BCUT2D eigenvalue weighted by Gasteiger charge is -2.27. The van der Waals surface area contributed by atoms with Gasteiger partial charge in [0.15, 0.2) is 0 Å². The van der Waals surface area contributed by atoms with Gasteiger partial charge in [0.05, 0.1) is 16.6 Å². The summed E-state index contributed by atoms with van der Waals surface area (Å²) in [6.45, 7) is 7.70. The van der Waals surface area contributed by atoms with Crippen LogP contribution in [-0.4, -0.2) is 20.9 Å². The molecule has 5 nitrogen and oxygen atoms in total. The zero-order valence-electron chi connectivity index (χ0n) is 19.7. The SMILES string of the molecule is Cc1ccc(S(=O)(=O)N(CC(=O)N[C@H](CC(C)C)c2ccccc2)c2cccc(C)c2)cc1. The molecular weight excluding hydrogens is 432 g/mol. The second-order valence-corrected chi connectivity index (χ2v) is 10.7. The van der Waals surface area contributed by atoms with Crippen LogP contribution in [0.2, 0.25) is 0 Å². The van der Waals surface area contributed by atoms with Crippen LogP contribution in [0.1, 0.15) is 43.0 Å². The average Bonchev–Trinajstić information content (AvgIpc) is 2.77. The summed E-state index contributed by atoms with van der Waals surface area (Å²) in [4.78, 5) is 13.3. The maximum Gasteiger partial charge on any atom is 0.264 e. The molecule has 6 heteroatoms. The first-order chi connectivity index (χ1) is 15.7. The molecule has 0 bridgehead atoms. The molecule has 0 aliphatic rings. The Morgan fingerprint density at radius 3 is 2.15 bits per heavy atom. The van der Waals surface area contributed by atoms with Crippen molar-refractivity contribution in [2.75, 3.05) is 10.8 Å². The minimum Gasteiger partial charge on any atom is -0.348 e. The minimum atomic E-state index is -3.93. The first-order valence-corrected chi connectivity index (χ1v) is 12.6. The minimum absolute atomic E-state index is 0.157. The first-order valence-electron chi connectivity index (χ1n) is 11.2. The van der Waals surface area contributed by atoms with E-state index in [0.29, 0.717) is 11.6 Å². The van der Waals surface area contributed by atoms with E-state index in [9.17, 15) is 13.2 Å². The average molecular weight is 465 g/mol. The summed E-state index contributed by atoms with van der Waals surface area (Å²) in [5.41, 5.74) is 3.35. The highest BCUT2D eigenvalue weighted by Gasteiger charge is 2.28. The normalized spacial score (nSPS) is 12.4. The highest BCUT2D eigenvalue weighted by molar-refractivity contribution is 7.92. The molecule has 33 heavy (non-hydrogen) atoms. The van der Waals surface area contributed by atoms with Gasteiger partial charge in [-0.05, 0) is 61.6 Å². The van der Waals surface area contributed by atoms with Gasteiger partial charge in [0, 0.05) is 0 Å². The Labute approximate surface area is 197 Å². The van der Waals surface area contributed by atoms with Gasteiger partial charge in [-0.15, -0.1) is 0 Å². The van der Waals surface area contributed by atoms with Crippen molar-refractivity contribution in [1.82, 2.24) is 5.32 Å². The van der Waals surface area contributed by atoms with Crippen molar-refractivity contribution in [3.63, 3.8) is 0 Å². The van der Waals surface area contributed by atoms with Crippen LogP contribution in [0.5, 0.6) is 0 Å². The molecule has 0 heterocycles. The summed E-state index contributed by atoms with van der Waals surface area (Å²) < 4.78 is 28.3. The molecule has 0 saturated heterocycles. The van der Waals surface area contributed by atoms with E-state index in [1.807, 2.05) is 50.2 Å². The molecule has 174 valence electrons. The zero-order valence-corrected chi connectivity index (χ0v) is 20.5.